The van der Waals surface area contributed by atoms with Gasteiger partial charge in [-0.1, -0.05) is 32.0 Å². The molecule has 1 heterocycles. The van der Waals surface area contributed by atoms with Gasteiger partial charge in [0.05, 0.1) is 11.3 Å². The van der Waals surface area contributed by atoms with E-state index in [4.69, 9.17) is 4.52 Å². The summed E-state index contributed by atoms with van der Waals surface area (Å²) in [6.07, 6.45) is 0. The number of aromatic hydroxyl groups is 1. The number of hydrogen-bond acceptors (Lipinski definition) is 5. The highest BCUT2D eigenvalue weighted by Crippen LogP contribution is 2.30. The van der Waals surface area contributed by atoms with E-state index in [0.717, 1.165) is 5.56 Å². The Morgan fingerprint density at radius 2 is 2.05 bits per heavy atom. The molecule has 0 spiro atoms. The van der Waals surface area contributed by atoms with Gasteiger partial charge >= 0.3 is 0 Å². The van der Waals surface area contributed by atoms with Crippen LogP contribution in [-0.4, -0.2) is 20.0 Å². The van der Waals surface area contributed by atoms with E-state index >= 15 is 0 Å². The Kier molecular flexibility index (Phi) is 3.85. The maximum atomic E-state index is 9.88. The van der Waals surface area contributed by atoms with Crippen LogP contribution in [0.25, 0.3) is 11.5 Å². The summed E-state index contributed by atoms with van der Waals surface area (Å²) >= 11 is 1.75. The maximum Gasteiger partial charge on any atom is 0.261 e. The second-order valence-electron chi connectivity index (χ2n) is 5.44. The van der Waals surface area contributed by atoms with Crippen LogP contribution in [0, 0.1) is 6.92 Å². The molecule has 1 aromatic carbocycles. The molecule has 0 atom stereocenters. The van der Waals surface area contributed by atoms with Crippen LogP contribution in [0.15, 0.2) is 22.7 Å². The lowest BCUT2D eigenvalue weighted by Crippen LogP contribution is -2.07. The van der Waals surface area contributed by atoms with E-state index in [1.165, 1.54) is 0 Å². The fourth-order valence-electron chi connectivity index (χ4n) is 1.53. The highest BCUT2D eigenvalue weighted by atomic mass is 32.2. The summed E-state index contributed by atoms with van der Waals surface area (Å²) in [7, 11) is 0. The molecule has 0 aliphatic carbocycles. The van der Waals surface area contributed by atoms with Crippen molar-refractivity contribution in [2.45, 2.75) is 38.2 Å². The zero-order valence-corrected chi connectivity index (χ0v) is 12.4. The first kappa shape index (κ1) is 13.9. The molecule has 0 aliphatic rings. The lowest BCUT2D eigenvalue weighted by atomic mass is 10.1. The lowest BCUT2D eigenvalue weighted by Gasteiger charge is -2.15. The number of hydrogen-bond donors (Lipinski definition) is 1. The van der Waals surface area contributed by atoms with Crippen molar-refractivity contribution >= 4 is 11.8 Å². The SMILES string of the molecule is Cc1ccc(-c2nc(CSC(C)(C)C)no2)c(O)c1. The highest BCUT2D eigenvalue weighted by molar-refractivity contribution is 7.99. The summed E-state index contributed by atoms with van der Waals surface area (Å²) in [4.78, 5) is 4.32. The first-order valence-electron chi connectivity index (χ1n) is 6.12. The van der Waals surface area contributed by atoms with Gasteiger partial charge in [0.15, 0.2) is 5.82 Å². The Balaban J connectivity index is 2.16. The highest BCUT2D eigenvalue weighted by Gasteiger charge is 2.16. The van der Waals surface area contributed by atoms with Crippen molar-refractivity contribution in [1.29, 1.82) is 0 Å². The van der Waals surface area contributed by atoms with Gasteiger partial charge in [-0.2, -0.15) is 4.98 Å². The van der Waals surface area contributed by atoms with Crippen molar-refractivity contribution < 1.29 is 9.63 Å². The molecule has 1 N–H and O–H groups in total. The molecule has 4 nitrogen and oxygen atoms in total. The smallest absolute Gasteiger partial charge is 0.261 e. The van der Waals surface area contributed by atoms with E-state index in [0.29, 0.717) is 23.0 Å². The van der Waals surface area contributed by atoms with Crippen LogP contribution in [0.4, 0.5) is 0 Å². The molecule has 0 radical (unpaired) electrons. The van der Waals surface area contributed by atoms with Gasteiger partial charge in [0.25, 0.3) is 5.89 Å². The van der Waals surface area contributed by atoms with Gasteiger partial charge in [-0.3, -0.25) is 0 Å². The second kappa shape index (κ2) is 5.25. The minimum atomic E-state index is 0.160. The predicted molar refractivity (Wildman–Crippen MR) is 77.2 cm³/mol. The number of aryl methyl sites for hydroxylation is 1. The molecule has 0 bridgehead atoms. The lowest BCUT2D eigenvalue weighted by molar-refractivity contribution is 0.419. The Labute approximate surface area is 117 Å². The van der Waals surface area contributed by atoms with Gasteiger partial charge in [0, 0.05) is 4.75 Å². The van der Waals surface area contributed by atoms with Gasteiger partial charge in [-0.15, -0.1) is 11.8 Å². The van der Waals surface area contributed by atoms with E-state index in [2.05, 4.69) is 30.9 Å². The molecule has 0 aliphatic heterocycles. The van der Waals surface area contributed by atoms with Crippen LogP contribution in [0.2, 0.25) is 0 Å². The van der Waals surface area contributed by atoms with Crippen molar-refractivity contribution in [3.8, 4) is 17.2 Å². The third-order valence-electron chi connectivity index (χ3n) is 2.49. The summed E-state index contributed by atoms with van der Waals surface area (Å²) in [5, 5.41) is 13.8. The van der Waals surface area contributed by atoms with Crippen molar-refractivity contribution in [3.05, 3.63) is 29.6 Å². The average molecular weight is 278 g/mol. The Morgan fingerprint density at radius 3 is 2.68 bits per heavy atom. The Hall–Kier alpha value is -1.49. The molecule has 0 fully saturated rings. The van der Waals surface area contributed by atoms with Gasteiger partial charge in [0.1, 0.15) is 5.75 Å². The van der Waals surface area contributed by atoms with E-state index in [9.17, 15) is 5.11 Å². The molecule has 0 amide bonds. The minimum absolute atomic E-state index is 0.160. The largest absolute Gasteiger partial charge is 0.507 e. The van der Waals surface area contributed by atoms with Gasteiger partial charge in [-0.25, -0.2) is 0 Å². The van der Waals surface area contributed by atoms with Crippen molar-refractivity contribution in [3.63, 3.8) is 0 Å². The van der Waals surface area contributed by atoms with Gasteiger partial charge in [-0.05, 0) is 24.6 Å². The van der Waals surface area contributed by atoms with Crippen LogP contribution < -0.4 is 0 Å². The molecule has 5 heteroatoms. The van der Waals surface area contributed by atoms with Crippen LogP contribution in [-0.2, 0) is 5.75 Å². The summed E-state index contributed by atoms with van der Waals surface area (Å²) in [5.41, 5.74) is 1.56. The van der Waals surface area contributed by atoms with E-state index in [-0.39, 0.29) is 10.5 Å². The van der Waals surface area contributed by atoms with Crippen LogP contribution in [0.1, 0.15) is 32.2 Å². The van der Waals surface area contributed by atoms with E-state index < -0.39 is 0 Å². The van der Waals surface area contributed by atoms with Crippen LogP contribution >= 0.6 is 11.8 Å². The van der Waals surface area contributed by atoms with E-state index in [1.54, 1.807) is 23.9 Å². The number of thioether (sulfide) groups is 1. The van der Waals surface area contributed by atoms with Crippen molar-refractivity contribution in [2.24, 2.45) is 0 Å². The van der Waals surface area contributed by atoms with Crippen LogP contribution in [0.5, 0.6) is 5.75 Å². The minimum Gasteiger partial charge on any atom is -0.507 e. The molecule has 0 unspecified atom stereocenters. The Morgan fingerprint density at radius 1 is 1.32 bits per heavy atom. The topological polar surface area (TPSA) is 59.2 Å². The second-order valence-corrected chi connectivity index (χ2v) is 7.24. The maximum absolute atomic E-state index is 9.88. The number of nitrogens with zero attached hydrogens (tertiary/aromatic N) is 2. The molecule has 2 aromatic rings. The number of phenols is 1. The number of aromatic nitrogens is 2. The molecule has 0 saturated heterocycles. The third-order valence-corrected chi connectivity index (χ3v) is 3.75. The molecule has 19 heavy (non-hydrogen) atoms. The zero-order chi connectivity index (χ0) is 14.0. The van der Waals surface area contributed by atoms with Gasteiger partial charge < -0.3 is 9.63 Å². The number of rotatable bonds is 3. The van der Waals surface area contributed by atoms with Gasteiger partial charge in [0.2, 0.25) is 0 Å². The average Bonchev–Trinajstić information content (AvgIpc) is 2.74. The standard InChI is InChI=1S/C14H18N2O2S/c1-9-5-6-10(11(17)7-9)13-15-12(16-18-13)8-19-14(2,3)4/h5-7,17H,8H2,1-4H3. The molecule has 0 saturated carbocycles. The molecular weight excluding hydrogens is 260 g/mol. The quantitative estimate of drug-likeness (QED) is 0.925. The fraction of sp³-hybridized carbons (Fsp3) is 0.429. The fourth-order valence-corrected chi connectivity index (χ4v) is 2.20. The number of phenolic OH excluding ortho intramolecular Hbond substituents is 1. The van der Waals surface area contributed by atoms with Crippen LogP contribution in [0.3, 0.4) is 0 Å². The molecule has 1 aromatic heterocycles. The molecular formula is C14H18N2O2S. The summed E-state index contributed by atoms with van der Waals surface area (Å²) < 4.78 is 5.36. The van der Waals surface area contributed by atoms with Crippen molar-refractivity contribution in [2.75, 3.05) is 0 Å². The normalized spacial score (nSPS) is 11.8. The molecule has 2 rings (SSSR count). The van der Waals surface area contributed by atoms with Crippen molar-refractivity contribution in [1.82, 2.24) is 10.1 Å². The Bertz CT molecular complexity index is 573. The summed E-state index contributed by atoms with van der Waals surface area (Å²) in [5.74, 6) is 1.87. The summed E-state index contributed by atoms with van der Waals surface area (Å²) in [6, 6.07) is 5.38. The summed E-state index contributed by atoms with van der Waals surface area (Å²) in [6.45, 7) is 8.35. The first-order valence-corrected chi connectivity index (χ1v) is 7.10. The third kappa shape index (κ3) is 3.73. The number of benzene rings is 1. The molecule has 102 valence electrons. The zero-order valence-electron chi connectivity index (χ0n) is 11.6. The van der Waals surface area contributed by atoms with E-state index in [1.807, 2.05) is 13.0 Å². The first-order chi connectivity index (χ1) is 8.85. The monoisotopic (exact) mass is 278 g/mol. The predicted octanol–water partition coefficient (Wildman–Crippen LogP) is 3.78.